The fraction of sp³-hybridized carbons (Fsp3) is 0.333. The van der Waals surface area contributed by atoms with Crippen LogP contribution in [0.5, 0.6) is 5.88 Å². The van der Waals surface area contributed by atoms with Crippen LogP contribution in [0.15, 0.2) is 42.7 Å². The fourth-order valence-electron chi connectivity index (χ4n) is 4.52. The molecule has 1 aliphatic rings. The number of esters is 1. The molecule has 0 atom stereocenters. The minimum Gasteiger partial charge on any atom is -0.470 e. The summed E-state index contributed by atoms with van der Waals surface area (Å²) >= 11 is 5.78. The number of rotatable bonds is 10. The van der Waals surface area contributed by atoms with E-state index in [-0.39, 0.29) is 41.2 Å². The number of piperazine rings is 1. The molecular weight excluding hydrogens is 610 g/mol. The molecule has 0 spiro atoms. The van der Waals surface area contributed by atoms with Crippen molar-refractivity contribution >= 4 is 39.3 Å². The second-order valence-corrected chi connectivity index (χ2v) is 11.8. The third kappa shape index (κ3) is 7.36. The zero-order chi connectivity index (χ0) is 30.7. The molecule has 0 bridgehead atoms. The molecule has 5 rings (SSSR count). The van der Waals surface area contributed by atoms with Crippen LogP contribution in [-0.4, -0.2) is 78.2 Å². The molecule has 12 nitrogen and oxygen atoms in total. The third-order valence-electron chi connectivity index (χ3n) is 6.74. The highest BCUT2D eigenvalue weighted by Crippen LogP contribution is 2.23. The zero-order valence-corrected chi connectivity index (χ0v) is 24.7. The summed E-state index contributed by atoms with van der Waals surface area (Å²) in [7, 11) is -2.48. The van der Waals surface area contributed by atoms with Gasteiger partial charge in [-0.3, -0.25) is 9.08 Å². The van der Waals surface area contributed by atoms with Crippen molar-refractivity contribution in [3.63, 3.8) is 0 Å². The van der Waals surface area contributed by atoms with E-state index in [0.29, 0.717) is 49.8 Å². The van der Waals surface area contributed by atoms with Crippen LogP contribution in [0.25, 0.3) is 5.65 Å². The second kappa shape index (κ2) is 12.8. The SMILES string of the molecule is COC(=O)c1ccc2nc(CN3CCN(c4ncc(F)c(OCc5ccc(Cl)cc5F)n4)CC3)c(COS(C)(=O)=O)n2c1. The van der Waals surface area contributed by atoms with Gasteiger partial charge in [-0.2, -0.15) is 17.8 Å². The number of imidazole rings is 1. The fourth-order valence-corrected chi connectivity index (χ4v) is 5.01. The van der Waals surface area contributed by atoms with Gasteiger partial charge in [0.15, 0.2) is 0 Å². The van der Waals surface area contributed by atoms with Crippen molar-refractivity contribution in [3.05, 3.63) is 81.9 Å². The number of benzene rings is 1. The van der Waals surface area contributed by atoms with Crippen LogP contribution in [0.1, 0.15) is 27.3 Å². The van der Waals surface area contributed by atoms with Crippen LogP contribution in [0.4, 0.5) is 14.7 Å². The van der Waals surface area contributed by atoms with Gasteiger partial charge >= 0.3 is 5.97 Å². The highest BCUT2D eigenvalue weighted by atomic mass is 35.5. The molecule has 0 unspecified atom stereocenters. The molecule has 4 aromatic rings. The Balaban J connectivity index is 1.27. The smallest absolute Gasteiger partial charge is 0.339 e. The van der Waals surface area contributed by atoms with E-state index in [2.05, 4.69) is 19.9 Å². The van der Waals surface area contributed by atoms with Crippen LogP contribution in [0.2, 0.25) is 5.02 Å². The van der Waals surface area contributed by atoms with Crippen molar-refractivity contribution in [1.82, 2.24) is 24.3 Å². The molecule has 0 amide bonds. The van der Waals surface area contributed by atoms with Gasteiger partial charge in [-0.15, -0.1) is 0 Å². The molecular formula is C27H27ClF2N6O6S. The van der Waals surface area contributed by atoms with Crippen molar-refractivity contribution in [1.29, 1.82) is 0 Å². The summed E-state index contributed by atoms with van der Waals surface area (Å²) < 4.78 is 68.9. The maximum Gasteiger partial charge on any atom is 0.339 e. The van der Waals surface area contributed by atoms with Gasteiger partial charge in [0.1, 0.15) is 24.7 Å². The molecule has 4 heterocycles. The lowest BCUT2D eigenvalue weighted by Crippen LogP contribution is -2.46. The first kappa shape index (κ1) is 30.5. The first-order valence-electron chi connectivity index (χ1n) is 13.0. The Kier molecular flexibility index (Phi) is 9.05. The van der Waals surface area contributed by atoms with E-state index in [1.807, 2.05) is 4.90 Å². The number of anilines is 1. The monoisotopic (exact) mass is 636 g/mol. The van der Waals surface area contributed by atoms with Gasteiger partial charge in [0.2, 0.25) is 11.8 Å². The maximum atomic E-state index is 14.4. The summed E-state index contributed by atoms with van der Waals surface area (Å²) in [4.78, 5) is 29.0. The average molecular weight is 637 g/mol. The van der Waals surface area contributed by atoms with E-state index >= 15 is 0 Å². The molecule has 3 aromatic heterocycles. The topological polar surface area (TPSA) is 128 Å². The predicted octanol–water partition coefficient (Wildman–Crippen LogP) is 3.22. The number of hydrogen-bond acceptors (Lipinski definition) is 11. The van der Waals surface area contributed by atoms with Crippen molar-refractivity contribution in [2.45, 2.75) is 19.8 Å². The minimum atomic E-state index is -3.75. The average Bonchev–Trinajstić information content (AvgIpc) is 3.32. The second-order valence-electron chi connectivity index (χ2n) is 9.72. The Labute approximate surface area is 250 Å². The molecule has 16 heteroatoms. The lowest BCUT2D eigenvalue weighted by molar-refractivity contribution is 0.0600. The zero-order valence-electron chi connectivity index (χ0n) is 23.2. The lowest BCUT2D eigenvalue weighted by Gasteiger charge is -2.34. The minimum absolute atomic E-state index is 0.201. The Hall–Kier alpha value is -3.92. The molecule has 0 N–H and O–H groups in total. The molecule has 0 saturated carbocycles. The van der Waals surface area contributed by atoms with Gasteiger partial charge in [-0.25, -0.2) is 19.2 Å². The number of nitrogens with zero attached hydrogens (tertiary/aromatic N) is 6. The van der Waals surface area contributed by atoms with Crippen LogP contribution in [0, 0.1) is 11.6 Å². The van der Waals surface area contributed by atoms with Crippen molar-refractivity contribution in [2.24, 2.45) is 0 Å². The van der Waals surface area contributed by atoms with E-state index < -0.39 is 27.7 Å². The molecule has 1 fully saturated rings. The number of carbonyl (C=O) groups is 1. The van der Waals surface area contributed by atoms with E-state index in [1.54, 1.807) is 16.5 Å². The van der Waals surface area contributed by atoms with Crippen LogP contribution >= 0.6 is 11.6 Å². The summed E-state index contributed by atoms with van der Waals surface area (Å²) in [6.07, 6.45) is 3.50. The summed E-state index contributed by atoms with van der Waals surface area (Å²) in [6, 6.07) is 7.33. The van der Waals surface area contributed by atoms with E-state index in [9.17, 15) is 22.0 Å². The molecule has 0 radical (unpaired) electrons. The van der Waals surface area contributed by atoms with Gasteiger partial charge in [-0.1, -0.05) is 17.7 Å². The Morgan fingerprint density at radius 2 is 1.81 bits per heavy atom. The number of pyridine rings is 1. The van der Waals surface area contributed by atoms with E-state index in [1.165, 1.54) is 25.4 Å². The number of fused-ring (bicyclic) bond motifs is 1. The number of carbonyl (C=O) groups excluding carboxylic acids is 1. The predicted molar refractivity (Wildman–Crippen MR) is 151 cm³/mol. The maximum absolute atomic E-state index is 14.4. The molecule has 43 heavy (non-hydrogen) atoms. The molecule has 1 saturated heterocycles. The summed E-state index contributed by atoms with van der Waals surface area (Å²) in [5, 5.41) is 0.239. The number of hydrogen-bond donors (Lipinski definition) is 0. The lowest BCUT2D eigenvalue weighted by atomic mass is 10.2. The molecule has 1 aromatic carbocycles. The Bertz CT molecular complexity index is 1760. The first-order valence-corrected chi connectivity index (χ1v) is 15.2. The quantitative estimate of drug-likeness (QED) is 0.188. The van der Waals surface area contributed by atoms with Crippen molar-refractivity contribution < 1.29 is 35.6 Å². The largest absolute Gasteiger partial charge is 0.470 e. The summed E-state index contributed by atoms with van der Waals surface area (Å²) in [5.74, 6) is -1.93. The summed E-state index contributed by atoms with van der Waals surface area (Å²) in [5.41, 5.74) is 2.05. The van der Waals surface area contributed by atoms with Crippen molar-refractivity contribution in [2.75, 3.05) is 44.4 Å². The van der Waals surface area contributed by atoms with Gasteiger partial charge in [-0.05, 0) is 24.3 Å². The van der Waals surface area contributed by atoms with Gasteiger partial charge in [0.05, 0.1) is 36.5 Å². The Morgan fingerprint density at radius 1 is 1.05 bits per heavy atom. The van der Waals surface area contributed by atoms with E-state index in [4.69, 9.17) is 25.3 Å². The third-order valence-corrected chi connectivity index (χ3v) is 7.52. The van der Waals surface area contributed by atoms with Crippen LogP contribution in [0.3, 0.4) is 0 Å². The first-order chi connectivity index (χ1) is 20.5. The van der Waals surface area contributed by atoms with Gasteiger partial charge < -0.3 is 18.8 Å². The van der Waals surface area contributed by atoms with Crippen LogP contribution < -0.4 is 9.64 Å². The highest BCUT2D eigenvalue weighted by Gasteiger charge is 2.24. The summed E-state index contributed by atoms with van der Waals surface area (Å²) in [6.45, 7) is 1.96. The number of methoxy groups -OCH3 is 1. The normalized spacial score (nSPS) is 14.3. The number of halogens is 3. The number of aromatic nitrogens is 4. The van der Waals surface area contributed by atoms with Gasteiger partial charge in [0, 0.05) is 49.5 Å². The Morgan fingerprint density at radius 3 is 2.51 bits per heavy atom. The molecule has 0 aliphatic carbocycles. The number of ether oxygens (including phenoxy) is 2. The van der Waals surface area contributed by atoms with Gasteiger partial charge in [0.25, 0.3) is 16.0 Å². The van der Waals surface area contributed by atoms with Crippen LogP contribution in [-0.2, 0) is 38.8 Å². The van der Waals surface area contributed by atoms with E-state index in [0.717, 1.165) is 18.5 Å². The molecule has 228 valence electrons. The standard InChI is InChI=1S/C27H27ClF2N6O6S/c1-40-26(37)17-4-6-24-32-22(23(36(24)13-17)16-42-43(2,38)39)14-34-7-9-35(10-8-34)27-31-12-21(30)25(33-27)41-15-18-3-5-19(28)11-20(18)29/h3-6,11-13H,7-10,14-16H2,1-2H3. The molecule has 1 aliphatic heterocycles. The van der Waals surface area contributed by atoms with Crippen molar-refractivity contribution in [3.8, 4) is 5.88 Å². The highest BCUT2D eigenvalue weighted by molar-refractivity contribution is 7.85.